The first-order valence-corrected chi connectivity index (χ1v) is 7.81. The molecular formula is C14H21BrOS. The highest BCUT2D eigenvalue weighted by Gasteiger charge is 2.20. The summed E-state index contributed by atoms with van der Waals surface area (Å²) in [6.07, 6.45) is 5.69. The van der Waals surface area contributed by atoms with Crippen LogP contribution in [0.1, 0.15) is 52.0 Å². The van der Waals surface area contributed by atoms with Gasteiger partial charge in [0.2, 0.25) is 0 Å². The third-order valence-corrected chi connectivity index (χ3v) is 4.90. The molecule has 1 N–H and O–H groups in total. The quantitative estimate of drug-likeness (QED) is 0.760. The number of hydrogen-bond donors (Lipinski definition) is 1. The Morgan fingerprint density at radius 2 is 2.12 bits per heavy atom. The smallest absolute Gasteiger partial charge is 0.0704 e. The molecule has 17 heavy (non-hydrogen) atoms. The van der Waals surface area contributed by atoms with Crippen molar-refractivity contribution in [2.24, 2.45) is 0 Å². The molecule has 0 saturated heterocycles. The summed E-state index contributed by atoms with van der Waals surface area (Å²) >= 11 is 5.18. The van der Waals surface area contributed by atoms with E-state index in [4.69, 9.17) is 0 Å². The van der Waals surface area contributed by atoms with E-state index in [0.717, 1.165) is 25.7 Å². The van der Waals surface area contributed by atoms with Crippen LogP contribution in [0, 0.1) is 0 Å². The van der Waals surface area contributed by atoms with Gasteiger partial charge in [-0.05, 0) is 71.1 Å². The molecule has 1 aromatic heterocycles. The van der Waals surface area contributed by atoms with Crippen molar-refractivity contribution in [1.82, 2.24) is 0 Å². The summed E-state index contributed by atoms with van der Waals surface area (Å²) in [4.78, 5) is 0. The Balaban J connectivity index is 2.54. The van der Waals surface area contributed by atoms with Gasteiger partial charge in [0.25, 0.3) is 0 Å². The zero-order valence-corrected chi connectivity index (χ0v) is 13.2. The summed E-state index contributed by atoms with van der Waals surface area (Å²) in [6.45, 7) is 6.23. The number of allylic oxidation sites excluding steroid dienone is 2. The lowest BCUT2D eigenvalue weighted by molar-refractivity contribution is 0.0246. The first kappa shape index (κ1) is 14.9. The van der Waals surface area contributed by atoms with Crippen molar-refractivity contribution in [3.63, 3.8) is 0 Å². The Morgan fingerprint density at radius 1 is 1.47 bits per heavy atom. The zero-order valence-electron chi connectivity index (χ0n) is 10.8. The van der Waals surface area contributed by atoms with Gasteiger partial charge in [0.1, 0.15) is 0 Å². The molecule has 0 radical (unpaired) electrons. The Bertz CT molecular complexity index is 377. The molecule has 0 amide bonds. The number of halogens is 1. The van der Waals surface area contributed by atoms with Crippen molar-refractivity contribution in [2.75, 3.05) is 0 Å². The van der Waals surface area contributed by atoms with E-state index in [9.17, 15) is 5.11 Å². The molecule has 0 unspecified atom stereocenters. The van der Waals surface area contributed by atoms with Crippen LogP contribution in [0.2, 0.25) is 0 Å². The summed E-state index contributed by atoms with van der Waals surface area (Å²) in [7, 11) is 0. The molecule has 0 saturated carbocycles. The van der Waals surface area contributed by atoms with Crippen molar-refractivity contribution >= 4 is 32.8 Å². The minimum Gasteiger partial charge on any atom is -0.390 e. The molecule has 1 rings (SSSR count). The van der Waals surface area contributed by atoms with E-state index >= 15 is 0 Å². The van der Waals surface area contributed by atoms with Gasteiger partial charge >= 0.3 is 0 Å². The van der Waals surface area contributed by atoms with Gasteiger partial charge in [-0.25, -0.2) is 0 Å². The second-order valence-electron chi connectivity index (χ2n) is 4.50. The Kier molecular flexibility index (Phi) is 5.90. The highest BCUT2D eigenvalue weighted by Crippen LogP contribution is 2.27. The topological polar surface area (TPSA) is 20.2 Å². The third-order valence-electron chi connectivity index (χ3n) is 3.40. The Hall–Kier alpha value is -0.120. The van der Waals surface area contributed by atoms with Gasteiger partial charge in [0.05, 0.1) is 9.39 Å². The van der Waals surface area contributed by atoms with Crippen LogP contribution in [0.5, 0.6) is 0 Å². The fraction of sp³-hybridized carbons (Fsp3) is 0.571. The highest BCUT2D eigenvalue weighted by molar-refractivity contribution is 9.11. The van der Waals surface area contributed by atoms with Crippen LogP contribution in [0.3, 0.4) is 0 Å². The van der Waals surface area contributed by atoms with Gasteiger partial charge in [-0.2, -0.15) is 0 Å². The van der Waals surface area contributed by atoms with Gasteiger partial charge < -0.3 is 5.11 Å². The highest BCUT2D eigenvalue weighted by atomic mass is 79.9. The second kappa shape index (κ2) is 6.72. The first-order chi connectivity index (χ1) is 8.00. The Labute approximate surface area is 117 Å². The predicted octanol–water partition coefficient (Wildman–Crippen LogP) is 5.25. The molecule has 3 heteroatoms. The van der Waals surface area contributed by atoms with Crippen molar-refractivity contribution in [3.05, 3.63) is 26.9 Å². The maximum Gasteiger partial charge on any atom is 0.0704 e. The van der Waals surface area contributed by atoms with E-state index in [-0.39, 0.29) is 0 Å². The average Bonchev–Trinajstić information content (AvgIpc) is 2.75. The summed E-state index contributed by atoms with van der Waals surface area (Å²) in [5.41, 5.74) is 2.09. The van der Waals surface area contributed by atoms with Crippen LogP contribution in [0.25, 0.3) is 5.57 Å². The lowest BCUT2D eigenvalue weighted by Gasteiger charge is -2.24. The molecule has 1 heterocycles. The average molecular weight is 317 g/mol. The lowest BCUT2D eigenvalue weighted by Crippen LogP contribution is -2.25. The van der Waals surface area contributed by atoms with Crippen LogP contribution in [-0.4, -0.2) is 10.7 Å². The minimum atomic E-state index is -0.480. The molecule has 0 aromatic carbocycles. The van der Waals surface area contributed by atoms with E-state index in [2.05, 4.69) is 54.2 Å². The van der Waals surface area contributed by atoms with Crippen LogP contribution in [0.15, 0.2) is 21.3 Å². The number of thiophene rings is 1. The first-order valence-electron chi connectivity index (χ1n) is 6.14. The third kappa shape index (κ3) is 4.57. The fourth-order valence-corrected chi connectivity index (χ4v) is 3.01. The monoisotopic (exact) mass is 316 g/mol. The van der Waals surface area contributed by atoms with Crippen molar-refractivity contribution in [1.29, 1.82) is 0 Å². The van der Waals surface area contributed by atoms with Gasteiger partial charge in [0.15, 0.2) is 0 Å². The normalized spacial score (nSPS) is 13.1. The second-order valence-corrected chi connectivity index (χ2v) is 6.79. The number of hydrogen-bond acceptors (Lipinski definition) is 2. The molecule has 0 aliphatic carbocycles. The summed E-state index contributed by atoms with van der Waals surface area (Å²) in [5, 5.41) is 12.3. The number of rotatable bonds is 6. The van der Waals surface area contributed by atoms with Gasteiger partial charge in [0, 0.05) is 0 Å². The predicted molar refractivity (Wildman–Crippen MR) is 80.4 cm³/mol. The molecule has 1 aromatic rings. The van der Waals surface area contributed by atoms with Gasteiger partial charge in [-0.3, -0.25) is 0 Å². The largest absolute Gasteiger partial charge is 0.390 e. The molecule has 1 nitrogen and oxygen atoms in total. The van der Waals surface area contributed by atoms with E-state index in [1.54, 1.807) is 11.3 Å². The van der Waals surface area contributed by atoms with Crippen molar-refractivity contribution in [2.45, 2.75) is 52.1 Å². The van der Waals surface area contributed by atoms with Crippen LogP contribution >= 0.6 is 27.3 Å². The van der Waals surface area contributed by atoms with Gasteiger partial charge in [-0.1, -0.05) is 19.9 Å². The zero-order chi connectivity index (χ0) is 12.9. The van der Waals surface area contributed by atoms with Crippen LogP contribution < -0.4 is 0 Å². The van der Waals surface area contributed by atoms with Crippen LogP contribution in [-0.2, 0) is 0 Å². The lowest BCUT2D eigenvalue weighted by atomic mass is 9.91. The molecule has 0 aliphatic rings. The summed E-state index contributed by atoms with van der Waals surface area (Å²) < 4.78 is 1.17. The molecule has 0 aliphatic heterocycles. The standard InChI is InChI=1S/C14H21BrOS/c1-4-14(16,5-2)8-6-7-11(3)12-9-13(15)17-10-12/h7,9-10,16H,4-6,8H2,1-3H3/b11-7+. The van der Waals surface area contributed by atoms with E-state index in [1.807, 2.05) is 0 Å². The molecule has 0 bridgehead atoms. The maximum atomic E-state index is 10.2. The van der Waals surface area contributed by atoms with Crippen molar-refractivity contribution in [3.8, 4) is 0 Å². The molecule has 0 atom stereocenters. The molecular weight excluding hydrogens is 296 g/mol. The summed E-state index contributed by atoms with van der Waals surface area (Å²) in [6, 6.07) is 2.14. The van der Waals surface area contributed by atoms with E-state index in [1.165, 1.54) is 14.9 Å². The molecule has 96 valence electrons. The SMILES string of the molecule is CCC(O)(CC)CC/C=C(\C)c1csc(Br)c1. The van der Waals surface area contributed by atoms with Crippen molar-refractivity contribution < 1.29 is 5.11 Å². The molecule has 0 fully saturated rings. The maximum absolute atomic E-state index is 10.2. The fourth-order valence-electron chi connectivity index (χ4n) is 1.80. The minimum absolute atomic E-state index is 0.480. The van der Waals surface area contributed by atoms with E-state index < -0.39 is 5.60 Å². The molecule has 0 spiro atoms. The summed E-state index contributed by atoms with van der Waals surface area (Å²) in [5.74, 6) is 0. The number of aliphatic hydroxyl groups is 1. The van der Waals surface area contributed by atoms with Gasteiger partial charge in [-0.15, -0.1) is 11.3 Å². The van der Waals surface area contributed by atoms with Crippen LogP contribution in [0.4, 0.5) is 0 Å². The van der Waals surface area contributed by atoms with E-state index in [0.29, 0.717) is 0 Å². The Morgan fingerprint density at radius 3 is 2.59 bits per heavy atom.